The third-order valence-corrected chi connectivity index (χ3v) is 6.89. The van der Waals surface area contributed by atoms with E-state index in [4.69, 9.17) is 0 Å². The van der Waals surface area contributed by atoms with Gasteiger partial charge in [-0.2, -0.15) is 0 Å². The van der Waals surface area contributed by atoms with E-state index in [1.54, 1.807) is 17.2 Å². The van der Waals surface area contributed by atoms with Crippen molar-refractivity contribution in [1.82, 2.24) is 19.8 Å². The highest BCUT2D eigenvalue weighted by Crippen LogP contribution is 2.52. The minimum absolute atomic E-state index is 0.00731. The SMILES string of the molecule is CN(C)[C@]1(c2ccccc2)CC[C@@]2(CC1)CC(=O)N(CC(=O)Nc1ccncn1)C2. The maximum absolute atomic E-state index is 12.7. The van der Waals surface area contributed by atoms with E-state index in [9.17, 15) is 9.59 Å². The minimum Gasteiger partial charge on any atom is -0.333 e. The van der Waals surface area contributed by atoms with Gasteiger partial charge in [-0.25, -0.2) is 9.97 Å². The zero-order valence-electron chi connectivity index (χ0n) is 17.7. The lowest BCUT2D eigenvalue weighted by Crippen LogP contribution is -2.47. The average Bonchev–Trinajstić information content (AvgIpc) is 3.04. The molecular weight excluding hydrogens is 378 g/mol. The molecule has 2 aromatic rings. The van der Waals surface area contributed by atoms with Crippen molar-refractivity contribution in [1.29, 1.82) is 0 Å². The lowest BCUT2D eigenvalue weighted by molar-refractivity contribution is -0.131. The summed E-state index contributed by atoms with van der Waals surface area (Å²) in [6.45, 7) is 0.726. The number of nitrogens with zero attached hydrogens (tertiary/aromatic N) is 4. The molecule has 1 saturated carbocycles. The number of benzene rings is 1. The van der Waals surface area contributed by atoms with Crippen LogP contribution in [-0.2, 0) is 15.1 Å². The van der Waals surface area contributed by atoms with Gasteiger partial charge in [-0.3, -0.25) is 14.5 Å². The fourth-order valence-corrected chi connectivity index (χ4v) is 5.12. The average molecular weight is 408 g/mol. The Morgan fingerprint density at radius 3 is 2.50 bits per heavy atom. The summed E-state index contributed by atoms with van der Waals surface area (Å²) in [6, 6.07) is 12.3. The van der Waals surface area contributed by atoms with E-state index in [-0.39, 0.29) is 29.3 Å². The van der Waals surface area contributed by atoms with Crippen LogP contribution in [0.2, 0.25) is 0 Å². The van der Waals surface area contributed by atoms with Crippen molar-refractivity contribution >= 4 is 17.6 Å². The Kier molecular flexibility index (Phi) is 5.56. The van der Waals surface area contributed by atoms with Crippen LogP contribution in [0.5, 0.6) is 0 Å². The molecule has 1 aliphatic heterocycles. The molecule has 0 radical (unpaired) electrons. The van der Waals surface area contributed by atoms with Crippen molar-refractivity contribution < 1.29 is 9.59 Å². The van der Waals surface area contributed by atoms with Crippen LogP contribution in [0.4, 0.5) is 5.82 Å². The van der Waals surface area contributed by atoms with Gasteiger partial charge in [0.05, 0.1) is 6.54 Å². The molecule has 0 unspecified atom stereocenters. The molecule has 7 nitrogen and oxygen atoms in total. The molecule has 1 N–H and O–H groups in total. The molecule has 2 fully saturated rings. The Hall–Kier alpha value is -2.80. The molecule has 158 valence electrons. The van der Waals surface area contributed by atoms with E-state index >= 15 is 0 Å². The van der Waals surface area contributed by atoms with E-state index < -0.39 is 0 Å². The van der Waals surface area contributed by atoms with E-state index in [0.717, 1.165) is 25.7 Å². The molecule has 7 heteroatoms. The summed E-state index contributed by atoms with van der Waals surface area (Å²) >= 11 is 0. The summed E-state index contributed by atoms with van der Waals surface area (Å²) < 4.78 is 0. The Labute approximate surface area is 177 Å². The number of carbonyl (C=O) groups is 2. The second kappa shape index (κ2) is 8.14. The summed E-state index contributed by atoms with van der Waals surface area (Å²) in [4.78, 5) is 37.0. The van der Waals surface area contributed by atoms with E-state index in [2.05, 4.69) is 64.6 Å². The van der Waals surface area contributed by atoms with Crippen molar-refractivity contribution in [2.24, 2.45) is 5.41 Å². The van der Waals surface area contributed by atoms with E-state index in [0.29, 0.717) is 18.8 Å². The first-order valence-corrected chi connectivity index (χ1v) is 10.5. The van der Waals surface area contributed by atoms with Gasteiger partial charge in [0, 0.05) is 24.7 Å². The monoisotopic (exact) mass is 407 g/mol. The topological polar surface area (TPSA) is 78.4 Å². The first kappa shape index (κ1) is 20.5. The number of amides is 2. The van der Waals surface area contributed by atoms with Crippen LogP contribution in [-0.4, -0.2) is 58.8 Å². The molecule has 1 aliphatic carbocycles. The minimum atomic E-state index is -0.221. The molecule has 0 atom stereocenters. The van der Waals surface area contributed by atoms with Crippen molar-refractivity contribution in [3.05, 3.63) is 54.5 Å². The van der Waals surface area contributed by atoms with Crippen LogP contribution >= 0.6 is 0 Å². The zero-order chi connectivity index (χ0) is 21.2. The first-order valence-electron chi connectivity index (χ1n) is 10.5. The maximum atomic E-state index is 12.7. The van der Waals surface area contributed by atoms with Crippen LogP contribution in [0.3, 0.4) is 0 Å². The highest BCUT2D eigenvalue weighted by molar-refractivity contribution is 5.94. The lowest BCUT2D eigenvalue weighted by atomic mass is 9.64. The summed E-state index contributed by atoms with van der Waals surface area (Å²) in [6.07, 6.45) is 7.48. The molecule has 0 bridgehead atoms. The molecule has 1 saturated heterocycles. The number of likely N-dealkylation sites (tertiary alicyclic amines) is 1. The number of hydrogen-bond acceptors (Lipinski definition) is 5. The van der Waals surface area contributed by atoms with Gasteiger partial charge in [0.25, 0.3) is 0 Å². The summed E-state index contributed by atoms with van der Waals surface area (Å²) in [7, 11) is 4.29. The number of rotatable bonds is 5. The Morgan fingerprint density at radius 2 is 1.87 bits per heavy atom. The maximum Gasteiger partial charge on any atom is 0.245 e. The number of nitrogens with one attached hydrogen (secondary N) is 1. The highest BCUT2D eigenvalue weighted by Gasteiger charge is 2.50. The smallest absolute Gasteiger partial charge is 0.245 e. The predicted molar refractivity (Wildman–Crippen MR) is 115 cm³/mol. The fraction of sp³-hybridized carbons (Fsp3) is 0.478. The fourth-order valence-electron chi connectivity index (χ4n) is 5.12. The van der Waals surface area contributed by atoms with Crippen molar-refractivity contribution in [3.63, 3.8) is 0 Å². The number of aromatic nitrogens is 2. The van der Waals surface area contributed by atoms with E-state index in [1.165, 1.54) is 11.9 Å². The van der Waals surface area contributed by atoms with E-state index in [1.807, 2.05) is 0 Å². The largest absolute Gasteiger partial charge is 0.333 e. The van der Waals surface area contributed by atoms with Crippen LogP contribution in [0.1, 0.15) is 37.7 Å². The molecule has 2 heterocycles. The third kappa shape index (κ3) is 3.94. The Balaban J connectivity index is 1.41. The molecule has 1 spiro atoms. The summed E-state index contributed by atoms with van der Waals surface area (Å²) in [5, 5.41) is 2.74. The predicted octanol–water partition coefficient (Wildman–Crippen LogP) is 2.66. The lowest BCUT2D eigenvalue weighted by Gasteiger charge is -2.48. The quantitative estimate of drug-likeness (QED) is 0.824. The van der Waals surface area contributed by atoms with Gasteiger partial charge >= 0.3 is 0 Å². The molecule has 1 aromatic carbocycles. The second-order valence-electron chi connectivity index (χ2n) is 8.86. The summed E-state index contributed by atoms with van der Waals surface area (Å²) in [5.41, 5.74) is 1.32. The number of anilines is 1. The molecule has 2 aliphatic rings. The van der Waals surface area contributed by atoms with Crippen LogP contribution < -0.4 is 5.32 Å². The molecule has 4 rings (SSSR count). The van der Waals surface area contributed by atoms with Crippen molar-refractivity contribution in [3.8, 4) is 0 Å². The standard InChI is InChI=1S/C23H29N5O2/c1-27(2)23(18-6-4-3-5-7-18)11-9-22(10-12-23)14-21(30)28(16-22)15-20(29)26-19-8-13-24-17-25-19/h3-8,13,17H,9-12,14-16H2,1-2H3,(H,24,25,26,29)/t22-,23-. The third-order valence-electron chi connectivity index (χ3n) is 6.89. The van der Waals surface area contributed by atoms with Gasteiger partial charge in [-0.1, -0.05) is 30.3 Å². The molecular formula is C23H29N5O2. The van der Waals surface area contributed by atoms with Gasteiger partial charge in [0.15, 0.2) is 0 Å². The zero-order valence-corrected chi connectivity index (χ0v) is 17.7. The molecule has 1 aromatic heterocycles. The van der Waals surface area contributed by atoms with Crippen LogP contribution in [0.15, 0.2) is 48.9 Å². The van der Waals surface area contributed by atoms with Gasteiger partial charge in [-0.15, -0.1) is 0 Å². The van der Waals surface area contributed by atoms with Gasteiger partial charge in [0.1, 0.15) is 12.1 Å². The second-order valence-corrected chi connectivity index (χ2v) is 8.86. The highest BCUT2D eigenvalue weighted by atomic mass is 16.2. The first-order chi connectivity index (χ1) is 14.4. The van der Waals surface area contributed by atoms with Gasteiger partial charge < -0.3 is 10.2 Å². The Morgan fingerprint density at radius 1 is 1.13 bits per heavy atom. The van der Waals surface area contributed by atoms with Crippen LogP contribution in [0, 0.1) is 5.41 Å². The molecule has 2 amide bonds. The Bertz CT molecular complexity index is 892. The number of hydrogen-bond donors (Lipinski definition) is 1. The van der Waals surface area contributed by atoms with Crippen molar-refractivity contribution in [2.75, 3.05) is 32.5 Å². The van der Waals surface area contributed by atoms with Crippen molar-refractivity contribution in [2.45, 2.75) is 37.6 Å². The normalized spacial score (nSPS) is 26.4. The number of carbonyl (C=O) groups excluding carboxylic acids is 2. The summed E-state index contributed by atoms with van der Waals surface area (Å²) in [5.74, 6) is 0.305. The van der Waals surface area contributed by atoms with Crippen LogP contribution in [0.25, 0.3) is 0 Å². The van der Waals surface area contributed by atoms with Gasteiger partial charge in [0.2, 0.25) is 11.8 Å². The van der Waals surface area contributed by atoms with Gasteiger partial charge in [-0.05, 0) is 56.8 Å². The molecule has 30 heavy (non-hydrogen) atoms.